The van der Waals surface area contributed by atoms with Crippen LogP contribution in [-0.2, 0) is 16.0 Å². The fourth-order valence-electron chi connectivity index (χ4n) is 3.08. The number of amides is 1. The zero-order valence-electron chi connectivity index (χ0n) is 12.4. The van der Waals surface area contributed by atoms with Crippen LogP contribution >= 0.6 is 0 Å². The summed E-state index contributed by atoms with van der Waals surface area (Å²) < 4.78 is 0. The second kappa shape index (κ2) is 7.25. The van der Waals surface area contributed by atoms with Crippen LogP contribution in [0.3, 0.4) is 0 Å². The second-order valence-corrected chi connectivity index (χ2v) is 6.14. The van der Waals surface area contributed by atoms with E-state index >= 15 is 0 Å². The van der Waals surface area contributed by atoms with Gasteiger partial charge in [0.2, 0.25) is 5.91 Å². The Morgan fingerprint density at radius 1 is 1.29 bits per heavy atom. The van der Waals surface area contributed by atoms with Crippen LogP contribution in [0.1, 0.15) is 38.2 Å². The van der Waals surface area contributed by atoms with Crippen molar-refractivity contribution in [1.29, 1.82) is 0 Å². The summed E-state index contributed by atoms with van der Waals surface area (Å²) in [7, 11) is 0. The molecule has 0 aliphatic heterocycles. The van der Waals surface area contributed by atoms with Gasteiger partial charge in [0.1, 0.15) is 6.04 Å². The lowest BCUT2D eigenvalue weighted by Gasteiger charge is -2.16. The number of nitrogens with one attached hydrogen (secondary N) is 1. The SMILES string of the molecule is CC1CCC(CC(=O)N[C@@H](Cc2ccccc2)C(=O)O)C1. The fourth-order valence-corrected chi connectivity index (χ4v) is 3.08. The van der Waals surface area contributed by atoms with E-state index in [1.54, 1.807) is 0 Å². The van der Waals surface area contributed by atoms with Gasteiger partial charge < -0.3 is 10.4 Å². The van der Waals surface area contributed by atoms with Crippen molar-refractivity contribution in [3.05, 3.63) is 35.9 Å². The van der Waals surface area contributed by atoms with Gasteiger partial charge >= 0.3 is 5.97 Å². The number of aliphatic carboxylic acids is 1. The predicted molar refractivity (Wildman–Crippen MR) is 80.8 cm³/mol. The molecule has 2 rings (SSSR count). The van der Waals surface area contributed by atoms with Gasteiger partial charge in [0, 0.05) is 12.8 Å². The molecule has 4 heteroatoms. The van der Waals surface area contributed by atoms with E-state index in [-0.39, 0.29) is 5.91 Å². The van der Waals surface area contributed by atoms with Crippen molar-refractivity contribution in [1.82, 2.24) is 5.32 Å². The van der Waals surface area contributed by atoms with Crippen LogP contribution in [0.15, 0.2) is 30.3 Å². The highest BCUT2D eigenvalue weighted by molar-refractivity contribution is 5.83. The Kier molecular flexibility index (Phi) is 5.37. The normalized spacial score (nSPS) is 22.7. The largest absolute Gasteiger partial charge is 0.480 e. The van der Waals surface area contributed by atoms with Crippen molar-refractivity contribution >= 4 is 11.9 Å². The van der Waals surface area contributed by atoms with Crippen molar-refractivity contribution in [2.24, 2.45) is 11.8 Å². The molecule has 0 saturated heterocycles. The molecule has 1 aliphatic carbocycles. The molecule has 21 heavy (non-hydrogen) atoms. The van der Waals surface area contributed by atoms with E-state index in [0.717, 1.165) is 18.4 Å². The molecule has 3 atom stereocenters. The van der Waals surface area contributed by atoms with E-state index in [1.165, 1.54) is 6.42 Å². The minimum absolute atomic E-state index is 0.141. The Bertz CT molecular complexity index is 486. The third-order valence-electron chi connectivity index (χ3n) is 4.19. The topological polar surface area (TPSA) is 66.4 Å². The summed E-state index contributed by atoms with van der Waals surface area (Å²) in [5, 5.41) is 11.9. The van der Waals surface area contributed by atoms with Crippen molar-refractivity contribution < 1.29 is 14.7 Å². The Hall–Kier alpha value is -1.84. The highest BCUT2D eigenvalue weighted by Crippen LogP contribution is 2.32. The summed E-state index contributed by atoms with van der Waals surface area (Å²) in [6.45, 7) is 2.20. The molecule has 0 bridgehead atoms. The van der Waals surface area contributed by atoms with Crippen molar-refractivity contribution in [3.63, 3.8) is 0 Å². The van der Waals surface area contributed by atoms with Gasteiger partial charge in [-0.1, -0.05) is 43.7 Å². The number of rotatable bonds is 6. The van der Waals surface area contributed by atoms with Gasteiger partial charge in [0.05, 0.1) is 0 Å². The zero-order chi connectivity index (χ0) is 15.2. The first-order valence-electron chi connectivity index (χ1n) is 7.60. The first-order valence-corrected chi connectivity index (χ1v) is 7.60. The Balaban J connectivity index is 1.87. The maximum atomic E-state index is 12.0. The van der Waals surface area contributed by atoms with E-state index in [0.29, 0.717) is 24.7 Å². The maximum Gasteiger partial charge on any atom is 0.326 e. The minimum Gasteiger partial charge on any atom is -0.480 e. The highest BCUT2D eigenvalue weighted by Gasteiger charge is 2.26. The molecule has 1 saturated carbocycles. The van der Waals surface area contributed by atoms with Gasteiger partial charge in [-0.25, -0.2) is 4.79 Å². The van der Waals surface area contributed by atoms with Gasteiger partial charge in [0.15, 0.2) is 0 Å². The zero-order valence-corrected chi connectivity index (χ0v) is 12.4. The molecule has 114 valence electrons. The molecule has 1 amide bonds. The number of hydrogen-bond donors (Lipinski definition) is 2. The van der Waals surface area contributed by atoms with Gasteiger partial charge in [0.25, 0.3) is 0 Å². The quantitative estimate of drug-likeness (QED) is 0.846. The molecule has 0 spiro atoms. The summed E-state index contributed by atoms with van der Waals surface area (Å²) in [4.78, 5) is 23.4. The molecule has 1 aliphatic rings. The molecular weight excluding hydrogens is 266 g/mol. The van der Waals surface area contributed by atoms with E-state index < -0.39 is 12.0 Å². The molecular formula is C17H23NO3. The van der Waals surface area contributed by atoms with Gasteiger partial charge in [-0.15, -0.1) is 0 Å². The minimum atomic E-state index is -0.980. The van der Waals surface area contributed by atoms with Crippen LogP contribution < -0.4 is 5.32 Å². The predicted octanol–water partition coefficient (Wildman–Crippen LogP) is 2.62. The molecule has 0 aromatic heterocycles. The van der Waals surface area contributed by atoms with Crippen molar-refractivity contribution in [2.75, 3.05) is 0 Å². The molecule has 2 unspecified atom stereocenters. The van der Waals surface area contributed by atoms with E-state index in [9.17, 15) is 14.7 Å². The summed E-state index contributed by atoms with van der Waals surface area (Å²) >= 11 is 0. The first-order chi connectivity index (χ1) is 10.0. The molecule has 1 fully saturated rings. The first kappa shape index (κ1) is 15.5. The Labute approximate surface area is 125 Å². The average Bonchev–Trinajstić information content (AvgIpc) is 2.84. The lowest BCUT2D eigenvalue weighted by atomic mass is 10.0. The number of carboxylic acids is 1. The maximum absolute atomic E-state index is 12.0. The number of carbonyl (C=O) groups excluding carboxylic acids is 1. The lowest BCUT2D eigenvalue weighted by molar-refractivity contribution is -0.141. The number of carboxylic acid groups (broad SMARTS) is 1. The molecule has 1 aromatic rings. The molecule has 4 nitrogen and oxygen atoms in total. The van der Waals surface area contributed by atoms with Crippen LogP contribution in [0.25, 0.3) is 0 Å². The van der Waals surface area contributed by atoms with Gasteiger partial charge in [-0.3, -0.25) is 4.79 Å². The van der Waals surface area contributed by atoms with E-state index in [4.69, 9.17) is 0 Å². The smallest absolute Gasteiger partial charge is 0.326 e. The number of benzene rings is 1. The van der Waals surface area contributed by atoms with Crippen LogP contribution in [-0.4, -0.2) is 23.0 Å². The van der Waals surface area contributed by atoms with Crippen LogP contribution in [0.4, 0.5) is 0 Å². The third-order valence-corrected chi connectivity index (χ3v) is 4.19. The number of carbonyl (C=O) groups is 2. The average molecular weight is 289 g/mol. The summed E-state index contributed by atoms with van der Waals surface area (Å²) in [5.41, 5.74) is 0.916. The van der Waals surface area contributed by atoms with Crippen LogP contribution in [0, 0.1) is 11.8 Å². The summed E-state index contributed by atoms with van der Waals surface area (Å²) in [6, 6.07) is 8.53. The molecule has 0 heterocycles. The monoisotopic (exact) mass is 289 g/mol. The van der Waals surface area contributed by atoms with Crippen LogP contribution in [0.2, 0.25) is 0 Å². The standard InChI is InChI=1S/C17H23NO3/c1-12-7-8-14(9-12)11-16(19)18-15(17(20)21)10-13-5-3-2-4-6-13/h2-6,12,14-15H,7-11H2,1H3,(H,18,19)(H,20,21)/t12?,14?,15-/m0/s1. The van der Waals surface area contributed by atoms with Crippen molar-refractivity contribution in [2.45, 2.75) is 45.1 Å². The summed E-state index contributed by atoms with van der Waals surface area (Å²) in [5.74, 6) is -0.0296. The van der Waals surface area contributed by atoms with Crippen molar-refractivity contribution in [3.8, 4) is 0 Å². The molecule has 2 N–H and O–H groups in total. The fraction of sp³-hybridized carbons (Fsp3) is 0.529. The van der Waals surface area contributed by atoms with E-state index in [1.807, 2.05) is 30.3 Å². The Morgan fingerprint density at radius 2 is 2.00 bits per heavy atom. The second-order valence-electron chi connectivity index (χ2n) is 6.14. The highest BCUT2D eigenvalue weighted by atomic mass is 16.4. The Morgan fingerprint density at radius 3 is 2.57 bits per heavy atom. The summed E-state index contributed by atoms with van der Waals surface area (Å²) in [6.07, 6.45) is 4.09. The molecule has 1 aromatic carbocycles. The third kappa shape index (κ3) is 4.88. The van der Waals surface area contributed by atoms with Gasteiger partial charge in [-0.2, -0.15) is 0 Å². The molecule has 0 radical (unpaired) electrons. The lowest BCUT2D eigenvalue weighted by Crippen LogP contribution is -2.42. The van der Waals surface area contributed by atoms with Gasteiger partial charge in [-0.05, 0) is 30.2 Å². The van der Waals surface area contributed by atoms with E-state index in [2.05, 4.69) is 12.2 Å². The van der Waals surface area contributed by atoms with Crippen LogP contribution in [0.5, 0.6) is 0 Å². The number of hydrogen-bond acceptors (Lipinski definition) is 2.